The second-order valence-corrected chi connectivity index (χ2v) is 4.87. The standard InChI is InChI=1S/C8H17NO4S/c1-8(2)7-13-5-3-9-14(11,12)6-4-10/h9-10H,1,3-7H2,2H3. The predicted octanol–water partition coefficient (Wildman–Crippen LogP) is -0.509. The summed E-state index contributed by atoms with van der Waals surface area (Å²) in [6.45, 7) is 6.04. The van der Waals surface area contributed by atoms with E-state index in [0.29, 0.717) is 13.2 Å². The third-order valence-electron chi connectivity index (χ3n) is 1.28. The lowest BCUT2D eigenvalue weighted by Gasteiger charge is -2.05. The van der Waals surface area contributed by atoms with Crippen molar-refractivity contribution >= 4 is 10.0 Å². The van der Waals surface area contributed by atoms with Crippen LogP contribution >= 0.6 is 0 Å². The van der Waals surface area contributed by atoms with Gasteiger partial charge in [0.1, 0.15) is 0 Å². The van der Waals surface area contributed by atoms with E-state index in [9.17, 15) is 8.42 Å². The summed E-state index contributed by atoms with van der Waals surface area (Å²) in [5, 5.41) is 8.42. The summed E-state index contributed by atoms with van der Waals surface area (Å²) >= 11 is 0. The fourth-order valence-electron chi connectivity index (χ4n) is 0.708. The van der Waals surface area contributed by atoms with Crippen molar-refractivity contribution in [1.82, 2.24) is 4.72 Å². The van der Waals surface area contributed by atoms with Crippen molar-refractivity contribution in [3.05, 3.63) is 12.2 Å². The Labute approximate surface area is 84.8 Å². The van der Waals surface area contributed by atoms with Crippen LogP contribution in [0.3, 0.4) is 0 Å². The highest BCUT2D eigenvalue weighted by Gasteiger charge is 2.07. The van der Waals surface area contributed by atoms with Gasteiger partial charge in [0.15, 0.2) is 0 Å². The van der Waals surface area contributed by atoms with Crippen molar-refractivity contribution in [1.29, 1.82) is 0 Å². The molecule has 0 atom stereocenters. The van der Waals surface area contributed by atoms with Crippen LogP contribution < -0.4 is 4.72 Å². The molecule has 0 aromatic carbocycles. The van der Waals surface area contributed by atoms with Crippen LogP contribution in [0.1, 0.15) is 6.92 Å². The van der Waals surface area contributed by atoms with Crippen LogP contribution in [0.2, 0.25) is 0 Å². The number of aliphatic hydroxyl groups excluding tert-OH is 1. The largest absolute Gasteiger partial charge is 0.395 e. The molecule has 0 aromatic rings. The van der Waals surface area contributed by atoms with E-state index in [1.165, 1.54) is 0 Å². The highest BCUT2D eigenvalue weighted by Crippen LogP contribution is 1.87. The van der Waals surface area contributed by atoms with E-state index < -0.39 is 10.0 Å². The minimum absolute atomic E-state index is 0.218. The van der Waals surface area contributed by atoms with Gasteiger partial charge in [-0.25, -0.2) is 13.1 Å². The van der Waals surface area contributed by atoms with Crippen molar-refractivity contribution in [3.63, 3.8) is 0 Å². The van der Waals surface area contributed by atoms with Gasteiger partial charge < -0.3 is 9.84 Å². The van der Waals surface area contributed by atoms with Gasteiger partial charge in [0.2, 0.25) is 10.0 Å². The molecule has 5 nitrogen and oxygen atoms in total. The molecule has 0 heterocycles. The van der Waals surface area contributed by atoms with E-state index in [2.05, 4.69) is 11.3 Å². The molecular weight excluding hydrogens is 206 g/mol. The zero-order chi connectivity index (χ0) is 11.0. The van der Waals surface area contributed by atoms with E-state index in [1.807, 2.05) is 6.92 Å². The highest BCUT2D eigenvalue weighted by molar-refractivity contribution is 7.89. The fourth-order valence-corrected chi connectivity index (χ4v) is 1.49. The molecule has 0 aliphatic carbocycles. The van der Waals surface area contributed by atoms with Crippen molar-refractivity contribution in [2.45, 2.75) is 6.92 Å². The Morgan fingerprint density at radius 1 is 1.57 bits per heavy atom. The summed E-state index contributed by atoms with van der Waals surface area (Å²) in [6, 6.07) is 0. The summed E-state index contributed by atoms with van der Waals surface area (Å²) in [5.74, 6) is -0.270. The van der Waals surface area contributed by atoms with Crippen LogP contribution in [0.15, 0.2) is 12.2 Å². The average Bonchev–Trinajstić information content (AvgIpc) is 2.02. The normalized spacial score (nSPS) is 11.6. The van der Waals surface area contributed by atoms with Crippen molar-refractivity contribution in [3.8, 4) is 0 Å². The molecule has 14 heavy (non-hydrogen) atoms. The monoisotopic (exact) mass is 223 g/mol. The van der Waals surface area contributed by atoms with Gasteiger partial charge in [0.25, 0.3) is 0 Å². The third kappa shape index (κ3) is 8.18. The molecule has 0 aliphatic heterocycles. The van der Waals surface area contributed by atoms with Crippen LogP contribution in [0.4, 0.5) is 0 Å². The summed E-state index contributed by atoms with van der Waals surface area (Å²) in [4.78, 5) is 0. The Kier molecular flexibility index (Phi) is 6.73. The van der Waals surface area contributed by atoms with Crippen LogP contribution in [-0.4, -0.2) is 45.6 Å². The molecule has 84 valence electrons. The Morgan fingerprint density at radius 2 is 2.21 bits per heavy atom. The number of nitrogens with one attached hydrogen (secondary N) is 1. The number of ether oxygens (including phenoxy) is 1. The van der Waals surface area contributed by atoms with Gasteiger partial charge in [-0.2, -0.15) is 0 Å². The maximum Gasteiger partial charge on any atom is 0.213 e. The molecule has 0 fully saturated rings. The topological polar surface area (TPSA) is 75.6 Å². The van der Waals surface area contributed by atoms with E-state index in [1.54, 1.807) is 0 Å². The Bertz CT molecular complexity index is 261. The Balaban J connectivity index is 3.49. The number of aliphatic hydroxyl groups is 1. The molecule has 0 aromatic heterocycles. The second kappa shape index (κ2) is 6.94. The number of hydrogen-bond acceptors (Lipinski definition) is 4. The first-order chi connectivity index (χ1) is 6.48. The zero-order valence-corrected chi connectivity index (χ0v) is 9.14. The van der Waals surface area contributed by atoms with E-state index >= 15 is 0 Å². The van der Waals surface area contributed by atoms with Crippen molar-refractivity contribution < 1.29 is 18.3 Å². The first-order valence-electron chi connectivity index (χ1n) is 4.28. The van der Waals surface area contributed by atoms with Gasteiger partial charge in [-0.05, 0) is 6.92 Å². The van der Waals surface area contributed by atoms with E-state index in [4.69, 9.17) is 9.84 Å². The lowest BCUT2D eigenvalue weighted by atomic mass is 10.4. The molecular formula is C8H17NO4S. The third-order valence-corrected chi connectivity index (χ3v) is 2.64. The van der Waals surface area contributed by atoms with E-state index in [0.717, 1.165) is 5.57 Å². The molecule has 0 aliphatic rings. The molecule has 0 spiro atoms. The van der Waals surface area contributed by atoms with Crippen LogP contribution in [-0.2, 0) is 14.8 Å². The molecule has 2 N–H and O–H groups in total. The lowest BCUT2D eigenvalue weighted by molar-refractivity contribution is 0.162. The summed E-state index contributed by atoms with van der Waals surface area (Å²) < 4.78 is 29.3. The fraction of sp³-hybridized carbons (Fsp3) is 0.750. The SMILES string of the molecule is C=C(C)COCCNS(=O)(=O)CCO. The number of hydrogen-bond donors (Lipinski definition) is 2. The Morgan fingerprint density at radius 3 is 2.71 bits per heavy atom. The number of sulfonamides is 1. The average molecular weight is 223 g/mol. The molecule has 0 rings (SSSR count). The maximum atomic E-state index is 11.0. The molecule has 0 saturated carbocycles. The van der Waals surface area contributed by atoms with Crippen LogP contribution in [0.25, 0.3) is 0 Å². The quantitative estimate of drug-likeness (QED) is 0.429. The molecule has 0 radical (unpaired) electrons. The van der Waals surface area contributed by atoms with Crippen LogP contribution in [0.5, 0.6) is 0 Å². The first kappa shape index (κ1) is 13.6. The lowest BCUT2D eigenvalue weighted by Crippen LogP contribution is -2.30. The second-order valence-electron chi connectivity index (χ2n) is 2.95. The van der Waals surface area contributed by atoms with Crippen molar-refractivity contribution in [2.75, 3.05) is 32.1 Å². The highest BCUT2D eigenvalue weighted by atomic mass is 32.2. The predicted molar refractivity (Wildman–Crippen MR) is 54.5 cm³/mol. The van der Waals surface area contributed by atoms with Gasteiger partial charge in [0.05, 0.1) is 25.6 Å². The van der Waals surface area contributed by atoms with Crippen LogP contribution in [0, 0.1) is 0 Å². The summed E-state index contributed by atoms with van der Waals surface area (Å²) in [7, 11) is -3.33. The summed E-state index contributed by atoms with van der Waals surface area (Å²) in [5.41, 5.74) is 0.892. The minimum atomic E-state index is -3.33. The minimum Gasteiger partial charge on any atom is -0.395 e. The van der Waals surface area contributed by atoms with Gasteiger partial charge in [-0.1, -0.05) is 12.2 Å². The summed E-state index contributed by atoms with van der Waals surface area (Å²) in [6.07, 6.45) is 0. The molecule has 0 unspecified atom stereocenters. The molecule has 0 saturated heterocycles. The van der Waals surface area contributed by atoms with Gasteiger partial charge in [-0.3, -0.25) is 0 Å². The molecule has 6 heteroatoms. The van der Waals surface area contributed by atoms with Crippen molar-refractivity contribution in [2.24, 2.45) is 0 Å². The molecule has 0 amide bonds. The zero-order valence-electron chi connectivity index (χ0n) is 8.32. The van der Waals surface area contributed by atoms with Gasteiger partial charge in [-0.15, -0.1) is 0 Å². The van der Waals surface area contributed by atoms with Gasteiger partial charge >= 0.3 is 0 Å². The number of rotatable bonds is 8. The smallest absolute Gasteiger partial charge is 0.213 e. The van der Waals surface area contributed by atoms with E-state index in [-0.39, 0.29) is 18.9 Å². The first-order valence-corrected chi connectivity index (χ1v) is 5.93. The van der Waals surface area contributed by atoms with Gasteiger partial charge in [0, 0.05) is 6.54 Å². The maximum absolute atomic E-state index is 11.0. The Hall–Kier alpha value is -0.430. The molecule has 0 bridgehead atoms.